The summed E-state index contributed by atoms with van der Waals surface area (Å²) in [6.45, 7) is 0.822. The lowest BCUT2D eigenvalue weighted by Gasteiger charge is -2.05. The molecule has 0 spiro atoms. The lowest BCUT2D eigenvalue weighted by atomic mass is 10.1. The molecule has 4 heteroatoms. The second-order valence-electron chi connectivity index (χ2n) is 3.89. The molecule has 0 fully saturated rings. The smallest absolute Gasteiger partial charge is 0.165 e. The second kappa shape index (κ2) is 7.01. The van der Waals surface area contributed by atoms with Crippen LogP contribution in [0.15, 0.2) is 18.2 Å². The molecule has 3 nitrogen and oxygen atoms in total. The highest BCUT2D eigenvalue weighted by Crippen LogP contribution is 2.18. The van der Waals surface area contributed by atoms with Gasteiger partial charge in [-0.05, 0) is 37.7 Å². The van der Waals surface area contributed by atoms with Crippen LogP contribution in [0.4, 0.5) is 4.39 Å². The van der Waals surface area contributed by atoms with Crippen molar-refractivity contribution in [3.8, 4) is 5.75 Å². The molecule has 0 bridgehead atoms. The van der Waals surface area contributed by atoms with Crippen LogP contribution in [0.5, 0.6) is 5.75 Å². The highest BCUT2D eigenvalue weighted by atomic mass is 19.1. The standard InChI is InChI=1S/C13H18FNO2/c1-15-7-3-4-11(16)8-10-5-6-13(17-2)12(14)9-10/h5-6,9,15H,3-4,7-8H2,1-2H3. The van der Waals surface area contributed by atoms with Gasteiger partial charge in [-0.25, -0.2) is 4.39 Å². The van der Waals surface area contributed by atoms with E-state index in [1.807, 2.05) is 7.05 Å². The molecule has 0 saturated heterocycles. The molecule has 0 unspecified atom stereocenters. The summed E-state index contributed by atoms with van der Waals surface area (Å²) in [6, 6.07) is 4.62. The normalized spacial score (nSPS) is 10.3. The van der Waals surface area contributed by atoms with E-state index < -0.39 is 5.82 Å². The first-order valence-electron chi connectivity index (χ1n) is 5.66. The molecular formula is C13H18FNO2. The van der Waals surface area contributed by atoms with Gasteiger partial charge in [0.05, 0.1) is 7.11 Å². The van der Waals surface area contributed by atoms with E-state index in [-0.39, 0.29) is 18.0 Å². The van der Waals surface area contributed by atoms with Crippen LogP contribution >= 0.6 is 0 Å². The van der Waals surface area contributed by atoms with Crippen molar-refractivity contribution in [1.82, 2.24) is 5.32 Å². The molecule has 0 aliphatic rings. The Hall–Kier alpha value is -1.42. The van der Waals surface area contributed by atoms with Crippen LogP contribution in [0.3, 0.4) is 0 Å². The summed E-state index contributed by atoms with van der Waals surface area (Å²) in [5.74, 6) is -0.0887. The van der Waals surface area contributed by atoms with Crippen molar-refractivity contribution < 1.29 is 13.9 Å². The zero-order valence-electron chi connectivity index (χ0n) is 10.3. The van der Waals surface area contributed by atoms with Crippen molar-refractivity contribution in [2.24, 2.45) is 0 Å². The molecule has 17 heavy (non-hydrogen) atoms. The van der Waals surface area contributed by atoms with E-state index >= 15 is 0 Å². The van der Waals surface area contributed by atoms with Crippen molar-refractivity contribution >= 4 is 5.78 Å². The SMILES string of the molecule is CNCCCC(=O)Cc1ccc(OC)c(F)c1. The Morgan fingerprint density at radius 1 is 1.47 bits per heavy atom. The van der Waals surface area contributed by atoms with Gasteiger partial charge in [0.2, 0.25) is 0 Å². The summed E-state index contributed by atoms with van der Waals surface area (Å²) in [7, 11) is 3.27. The summed E-state index contributed by atoms with van der Waals surface area (Å²) in [5, 5.41) is 2.98. The predicted octanol–water partition coefficient (Wildman–Crippen LogP) is 1.95. The highest BCUT2D eigenvalue weighted by Gasteiger charge is 2.07. The summed E-state index contributed by atoms with van der Waals surface area (Å²) in [5.41, 5.74) is 0.692. The van der Waals surface area contributed by atoms with Crippen molar-refractivity contribution in [2.75, 3.05) is 20.7 Å². The Balaban J connectivity index is 2.51. The van der Waals surface area contributed by atoms with Crippen molar-refractivity contribution in [3.05, 3.63) is 29.6 Å². The number of ether oxygens (including phenoxy) is 1. The van der Waals surface area contributed by atoms with Crippen LogP contribution in [0.2, 0.25) is 0 Å². The summed E-state index contributed by atoms with van der Waals surface area (Å²) in [4.78, 5) is 11.6. The fourth-order valence-electron chi connectivity index (χ4n) is 1.60. The molecule has 1 N–H and O–H groups in total. The molecule has 0 aromatic heterocycles. The topological polar surface area (TPSA) is 38.3 Å². The van der Waals surface area contributed by atoms with Gasteiger partial charge in [-0.15, -0.1) is 0 Å². The molecule has 1 aromatic rings. The molecule has 0 heterocycles. The van der Waals surface area contributed by atoms with E-state index in [1.165, 1.54) is 13.2 Å². The third kappa shape index (κ3) is 4.53. The van der Waals surface area contributed by atoms with Gasteiger partial charge in [0.25, 0.3) is 0 Å². The lowest BCUT2D eigenvalue weighted by molar-refractivity contribution is -0.118. The van der Waals surface area contributed by atoms with Gasteiger partial charge in [-0.3, -0.25) is 4.79 Å². The summed E-state index contributed by atoms with van der Waals surface area (Å²) < 4.78 is 18.2. The van der Waals surface area contributed by atoms with E-state index in [0.29, 0.717) is 12.0 Å². The van der Waals surface area contributed by atoms with Crippen LogP contribution in [-0.4, -0.2) is 26.5 Å². The maximum atomic E-state index is 13.4. The van der Waals surface area contributed by atoms with Crippen LogP contribution in [0, 0.1) is 5.82 Å². The fraction of sp³-hybridized carbons (Fsp3) is 0.462. The minimum atomic E-state index is -0.423. The number of rotatable bonds is 7. The summed E-state index contributed by atoms with van der Waals surface area (Å²) >= 11 is 0. The number of halogens is 1. The Labute approximate surface area is 101 Å². The zero-order chi connectivity index (χ0) is 12.7. The third-order valence-electron chi connectivity index (χ3n) is 2.50. The van der Waals surface area contributed by atoms with Crippen molar-refractivity contribution in [1.29, 1.82) is 0 Å². The molecule has 0 aliphatic heterocycles. The van der Waals surface area contributed by atoms with Crippen LogP contribution in [0.25, 0.3) is 0 Å². The van der Waals surface area contributed by atoms with Crippen molar-refractivity contribution in [2.45, 2.75) is 19.3 Å². The molecule has 1 rings (SSSR count). The fourth-order valence-corrected chi connectivity index (χ4v) is 1.60. The van der Waals surface area contributed by atoms with Gasteiger partial charge >= 0.3 is 0 Å². The number of benzene rings is 1. The molecule has 0 atom stereocenters. The van der Waals surface area contributed by atoms with Gasteiger partial charge in [0.15, 0.2) is 11.6 Å². The Bertz CT molecular complexity index is 380. The van der Waals surface area contributed by atoms with E-state index in [4.69, 9.17) is 4.74 Å². The van der Waals surface area contributed by atoms with E-state index in [0.717, 1.165) is 13.0 Å². The third-order valence-corrected chi connectivity index (χ3v) is 2.50. The number of Topliss-reactive ketones (excluding diaryl/α,β-unsaturated/α-hetero) is 1. The maximum Gasteiger partial charge on any atom is 0.165 e. The highest BCUT2D eigenvalue weighted by molar-refractivity contribution is 5.80. The van der Waals surface area contributed by atoms with Gasteiger partial charge < -0.3 is 10.1 Å². The van der Waals surface area contributed by atoms with Gasteiger partial charge in [0.1, 0.15) is 5.78 Å². The predicted molar refractivity (Wildman–Crippen MR) is 64.8 cm³/mol. The number of methoxy groups -OCH3 is 1. The minimum absolute atomic E-state index is 0.129. The van der Waals surface area contributed by atoms with Gasteiger partial charge in [-0.2, -0.15) is 0 Å². The molecule has 1 aromatic carbocycles. The average Bonchev–Trinajstić information content (AvgIpc) is 2.29. The van der Waals surface area contributed by atoms with Crippen LogP contribution < -0.4 is 10.1 Å². The average molecular weight is 239 g/mol. The molecule has 0 amide bonds. The van der Waals surface area contributed by atoms with Crippen LogP contribution in [0.1, 0.15) is 18.4 Å². The number of hydrogen-bond donors (Lipinski definition) is 1. The first-order chi connectivity index (χ1) is 8.17. The number of carbonyl (C=O) groups is 1. The zero-order valence-corrected chi connectivity index (χ0v) is 10.3. The maximum absolute atomic E-state index is 13.4. The summed E-state index contributed by atoms with van der Waals surface area (Å²) in [6.07, 6.45) is 1.62. The molecule has 0 aliphatic carbocycles. The number of carbonyl (C=O) groups excluding carboxylic acids is 1. The van der Waals surface area contributed by atoms with E-state index in [9.17, 15) is 9.18 Å². The Morgan fingerprint density at radius 2 is 2.24 bits per heavy atom. The monoisotopic (exact) mass is 239 g/mol. The minimum Gasteiger partial charge on any atom is -0.494 e. The Morgan fingerprint density at radius 3 is 2.82 bits per heavy atom. The molecule has 0 saturated carbocycles. The van der Waals surface area contributed by atoms with E-state index in [1.54, 1.807) is 12.1 Å². The van der Waals surface area contributed by atoms with Gasteiger partial charge in [-0.1, -0.05) is 6.07 Å². The van der Waals surface area contributed by atoms with Gasteiger partial charge in [0, 0.05) is 12.8 Å². The Kier molecular flexibility index (Phi) is 5.63. The quantitative estimate of drug-likeness (QED) is 0.739. The molecule has 94 valence electrons. The second-order valence-corrected chi connectivity index (χ2v) is 3.89. The van der Waals surface area contributed by atoms with E-state index in [2.05, 4.69) is 5.32 Å². The number of ketones is 1. The van der Waals surface area contributed by atoms with Crippen molar-refractivity contribution in [3.63, 3.8) is 0 Å². The van der Waals surface area contributed by atoms with Crippen LogP contribution in [-0.2, 0) is 11.2 Å². The lowest BCUT2D eigenvalue weighted by Crippen LogP contribution is -2.11. The largest absolute Gasteiger partial charge is 0.494 e. The number of hydrogen-bond acceptors (Lipinski definition) is 3. The first kappa shape index (κ1) is 13.6. The molecular weight excluding hydrogens is 221 g/mol. The first-order valence-corrected chi connectivity index (χ1v) is 5.66. The number of nitrogens with one attached hydrogen (secondary N) is 1. The molecule has 0 radical (unpaired) electrons.